The van der Waals surface area contributed by atoms with Crippen LogP contribution in [-0.2, 0) is 4.79 Å². The quantitative estimate of drug-likeness (QED) is 0.859. The lowest BCUT2D eigenvalue weighted by atomic mass is 9.88. The number of hydrogen-bond acceptors (Lipinski definition) is 4. The lowest BCUT2D eigenvalue weighted by Crippen LogP contribution is -2.51. The van der Waals surface area contributed by atoms with Gasteiger partial charge in [-0.05, 0) is 38.3 Å². The Kier molecular flexibility index (Phi) is 5.31. The van der Waals surface area contributed by atoms with Crippen LogP contribution in [0.4, 0.5) is 0 Å². The average Bonchev–Trinajstić information content (AvgIpc) is 2.50. The summed E-state index contributed by atoms with van der Waals surface area (Å²) >= 11 is 0. The third-order valence-corrected chi connectivity index (χ3v) is 4.56. The van der Waals surface area contributed by atoms with Crippen LogP contribution in [0.25, 0.3) is 0 Å². The number of likely N-dealkylation sites (tertiary alicyclic amines) is 1. The van der Waals surface area contributed by atoms with Gasteiger partial charge in [-0.25, -0.2) is 0 Å². The van der Waals surface area contributed by atoms with Gasteiger partial charge in [0.05, 0.1) is 17.7 Å². The van der Waals surface area contributed by atoms with Crippen LogP contribution < -0.4 is 11.5 Å². The van der Waals surface area contributed by atoms with Crippen molar-refractivity contribution in [3.63, 3.8) is 0 Å². The van der Waals surface area contributed by atoms with Crippen molar-refractivity contribution in [2.24, 2.45) is 17.4 Å². The zero-order valence-corrected chi connectivity index (χ0v) is 12.9. The SMILES string of the molecule is CCC(N)C(c1ccccn1)N1CC(C(N)=O)CCC1C. The number of nitrogens with two attached hydrogens (primary N) is 2. The molecule has 2 rings (SSSR count). The molecule has 1 aromatic heterocycles. The molecule has 1 aliphatic rings. The molecule has 0 bridgehead atoms. The maximum atomic E-state index is 11.6. The molecular weight excluding hydrogens is 264 g/mol. The van der Waals surface area contributed by atoms with Gasteiger partial charge in [0, 0.05) is 24.8 Å². The average molecular weight is 290 g/mol. The first-order valence-electron chi connectivity index (χ1n) is 7.76. The highest BCUT2D eigenvalue weighted by Gasteiger charge is 2.36. The van der Waals surface area contributed by atoms with Gasteiger partial charge < -0.3 is 11.5 Å². The highest BCUT2D eigenvalue weighted by atomic mass is 16.1. The number of nitrogens with zero attached hydrogens (tertiary/aromatic N) is 2. The number of rotatable bonds is 5. The smallest absolute Gasteiger partial charge is 0.221 e. The monoisotopic (exact) mass is 290 g/mol. The Morgan fingerprint density at radius 3 is 2.81 bits per heavy atom. The van der Waals surface area contributed by atoms with Gasteiger partial charge >= 0.3 is 0 Å². The Hall–Kier alpha value is -1.46. The van der Waals surface area contributed by atoms with Gasteiger partial charge in [0.25, 0.3) is 0 Å². The summed E-state index contributed by atoms with van der Waals surface area (Å²) in [4.78, 5) is 18.4. The van der Waals surface area contributed by atoms with Crippen LogP contribution in [0, 0.1) is 5.92 Å². The van der Waals surface area contributed by atoms with E-state index in [1.165, 1.54) is 0 Å². The summed E-state index contributed by atoms with van der Waals surface area (Å²) < 4.78 is 0. The molecule has 4 unspecified atom stereocenters. The van der Waals surface area contributed by atoms with Gasteiger partial charge in [-0.15, -0.1) is 0 Å². The minimum atomic E-state index is -0.211. The van der Waals surface area contributed by atoms with E-state index >= 15 is 0 Å². The van der Waals surface area contributed by atoms with Crippen molar-refractivity contribution >= 4 is 5.91 Å². The highest BCUT2D eigenvalue weighted by Crippen LogP contribution is 2.32. The maximum Gasteiger partial charge on any atom is 0.221 e. The van der Waals surface area contributed by atoms with E-state index < -0.39 is 0 Å². The molecule has 1 saturated heterocycles. The normalized spacial score (nSPS) is 26.2. The van der Waals surface area contributed by atoms with Crippen molar-refractivity contribution in [1.82, 2.24) is 9.88 Å². The second kappa shape index (κ2) is 7.00. The van der Waals surface area contributed by atoms with Gasteiger partial charge in [-0.1, -0.05) is 13.0 Å². The molecular formula is C16H26N4O. The molecule has 21 heavy (non-hydrogen) atoms. The summed E-state index contributed by atoms with van der Waals surface area (Å²) in [7, 11) is 0. The van der Waals surface area contributed by atoms with Crippen LogP contribution in [0.5, 0.6) is 0 Å². The van der Waals surface area contributed by atoms with Crippen molar-refractivity contribution in [3.05, 3.63) is 30.1 Å². The fraction of sp³-hybridized carbons (Fsp3) is 0.625. The lowest BCUT2D eigenvalue weighted by Gasteiger charge is -2.43. The van der Waals surface area contributed by atoms with E-state index in [1.807, 2.05) is 18.2 Å². The molecule has 1 aromatic rings. The van der Waals surface area contributed by atoms with Crippen molar-refractivity contribution in [1.29, 1.82) is 0 Å². The Bertz CT molecular complexity index is 465. The van der Waals surface area contributed by atoms with Gasteiger partial charge in [-0.3, -0.25) is 14.7 Å². The zero-order valence-electron chi connectivity index (χ0n) is 12.9. The summed E-state index contributed by atoms with van der Waals surface area (Å²) in [5.41, 5.74) is 12.9. The fourth-order valence-corrected chi connectivity index (χ4v) is 3.16. The zero-order chi connectivity index (χ0) is 15.4. The topological polar surface area (TPSA) is 85.2 Å². The van der Waals surface area contributed by atoms with E-state index in [2.05, 4.69) is 23.7 Å². The molecule has 1 amide bonds. The molecule has 2 heterocycles. The van der Waals surface area contributed by atoms with Crippen LogP contribution in [-0.4, -0.2) is 34.4 Å². The molecule has 0 spiro atoms. The summed E-state index contributed by atoms with van der Waals surface area (Å²) in [5, 5.41) is 0. The summed E-state index contributed by atoms with van der Waals surface area (Å²) in [6.07, 6.45) is 4.49. The predicted molar refractivity (Wildman–Crippen MR) is 83.3 cm³/mol. The van der Waals surface area contributed by atoms with E-state index in [9.17, 15) is 4.79 Å². The minimum absolute atomic E-state index is 0.00558. The lowest BCUT2D eigenvalue weighted by molar-refractivity contribution is -0.124. The molecule has 5 heteroatoms. The number of carbonyl (C=O) groups is 1. The van der Waals surface area contributed by atoms with E-state index in [0.29, 0.717) is 12.6 Å². The predicted octanol–water partition coefficient (Wildman–Crippen LogP) is 1.45. The molecule has 1 fully saturated rings. The van der Waals surface area contributed by atoms with Gasteiger partial charge in [0.1, 0.15) is 0 Å². The second-order valence-electron chi connectivity index (χ2n) is 5.99. The molecule has 1 aliphatic heterocycles. The van der Waals surface area contributed by atoms with E-state index in [-0.39, 0.29) is 23.9 Å². The number of primary amides is 1. The number of aromatic nitrogens is 1. The van der Waals surface area contributed by atoms with E-state index in [0.717, 1.165) is 25.0 Å². The molecule has 5 nitrogen and oxygen atoms in total. The number of piperidine rings is 1. The summed E-state index contributed by atoms with van der Waals surface area (Å²) in [6.45, 7) is 4.95. The van der Waals surface area contributed by atoms with Crippen molar-refractivity contribution in [2.45, 2.75) is 51.2 Å². The molecule has 0 radical (unpaired) electrons. The van der Waals surface area contributed by atoms with E-state index in [1.54, 1.807) is 6.20 Å². The Labute approximate surface area is 126 Å². The minimum Gasteiger partial charge on any atom is -0.369 e. The van der Waals surface area contributed by atoms with Gasteiger partial charge in [-0.2, -0.15) is 0 Å². The van der Waals surface area contributed by atoms with Crippen molar-refractivity contribution < 1.29 is 4.79 Å². The number of hydrogen-bond donors (Lipinski definition) is 2. The number of carbonyl (C=O) groups excluding carboxylic acids is 1. The Balaban J connectivity index is 2.28. The molecule has 4 N–H and O–H groups in total. The summed E-state index contributed by atoms with van der Waals surface area (Å²) in [5.74, 6) is -0.298. The highest BCUT2D eigenvalue weighted by molar-refractivity contribution is 5.77. The third-order valence-electron chi connectivity index (χ3n) is 4.56. The van der Waals surface area contributed by atoms with Crippen molar-refractivity contribution in [3.8, 4) is 0 Å². The van der Waals surface area contributed by atoms with Crippen LogP contribution in [0.15, 0.2) is 24.4 Å². The first kappa shape index (κ1) is 15.9. The standard InChI is InChI=1S/C16H26N4O/c1-3-13(17)15(14-6-4-5-9-19-14)20-10-12(16(18)21)8-7-11(20)2/h4-6,9,11-13,15H,3,7-8,10,17H2,1-2H3,(H2,18,21). The van der Waals surface area contributed by atoms with Crippen molar-refractivity contribution in [2.75, 3.05) is 6.54 Å². The molecule has 116 valence electrons. The first-order chi connectivity index (χ1) is 10.0. The molecule has 4 atom stereocenters. The number of amides is 1. The largest absolute Gasteiger partial charge is 0.369 e. The van der Waals surface area contributed by atoms with Crippen LogP contribution in [0.2, 0.25) is 0 Å². The second-order valence-corrected chi connectivity index (χ2v) is 5.99. The van der Waals surface area contributed by atoms with Crippen LogP contribution in [0.3, 0.4) is 0 Å². The maximum absolute atomic E-state index is 11.6. The van der Waals surface area contributed by atoms with E-state index in [4.69, 9.17) is 11.5 Å². The molecule has 0 saturated carbocycles. The van der Waals surface area contributed by atoms with Crippen LogP contribution in [0.1, 0.15) is 44.8 Å². The fourth-order valence-electron chi connectivity index (χ4n) is 3.16. The van der Waals surface area contributed by atoms with Crippen LogP contribution >= 0.6 is 0 Å². The molecule has 0 aromatic carbocycles. The number of pyridine rings is 1. The summed E-state index contributed by atoms with van der Waals surface area (Å²) in [6, 6.07) is 6.32. The first-order valence-corrected chi connectivity index (χ1v) is 7.76. The third kappa shape index (κ3) is 3.60. The molecule has 0 aliphatic carbocycles. The Morgan fingerprint density at radius 2 is 2.24 bits per heavy atom. The van der Waals surface area contributed by atoms with Gasteiger partial charge in [0.2, 0.25) is 5.91 Å². The Morgan fingerprint density at radius 1 is 1.48 bits per heavy atom. The van der Waals surface area contributed by atoms with Gasteiger partial charge in [0.15, 0.2) is 0 Å².